The predicted molar refractivity (Wildman–Crippen MR) is 75.5 cm³/mol. The summed E-state index contributed by atoms with van der Waals surface area (Å²) < 4.78 is 2.09. The minimum atomic E-state index is 0.310. The van der Waals surface area contributed by atoms with E-state index in [1.165, 1.54) is 25.7 Å². The maximum atomic E-state index is 6.17. The lowest BCUT2D eigenvalue weighted by atomic mass is 9.70. The lowest BCUT2D eigenvalue weighted by Crippen LogP contribution is -2.38. The first-order valence-electron chi connectivity index (χ1n) is 7.70. The van der Waals surface area contributed by atoms with Crippen LogP contribution in [0.1, 0.15) is 45.4 Å². The highest BCUT2D eigenvalue weighted by Crippen LogP contribution is 2.56. The number of aromatic nitrogens is 3. The Hall–Kier alpha value is -0.900. The molecule has 1 aromatic rings. The Morgan fingerprint density at radius 2 is 2.32 bits per heavy atom. The molecule has 4 nitrogen and oxygen atoms in total. The molecule has 0 aromatic carbocycles. The van der Waals surface area contributed by atoms with E-state index in [1.807, 2.05) is 0 Å². The largest absolute Gasteiger partial charge is 0.330 e. The summed E-state index contributed by atoms with van der Waals surface area (Å²) in [7, 11) is 0. The molecule has 19 heavy (non-hydrogen) atoms. The van der Waals surface area contributed by atoms with E-state index in [0.717, 1.165) is 37.2 Å². The van der Waals surface area contributed by atoms with Gasteiger partial charge >= 0.3 is 0 Å². The van der Waals surface area contributed by atoms with Gasteiger partial charge in [0.25, 0.3) is 0 Å². The molecule has 2 N–H and O–H groups in total. The molecule has 2 saturated carbocycles. The fraction of sp³-hybridized carbons (Fsp3) is 0.867. The van der Waals surface area contributed by atoms with Crippen molar-refractivity contribution in [3.63, 3.8) is 0 Å². The molecule has 106 valence electrons. The van der Waals surface area contributed by atoms with Crippen LogP contribution in [0, 0.1) is 23.2 Å². The highest BCUT2D eigenvalue weighted by atomic mass is 15.3. The minimum absolute atomic E-state index is 0.310. The quantitative estimate of drug-likeness (QED) is 0.885. The van der Waals surface area contributed by atoms with E-state index in [9.17, 15) is 0 Å². The average Bonchev–Trinajstić information content (AvgIpc) is 3.06. The molecule has 3 unspecified atom stereocenters. The zero-order chi connectivity index (χ0) is 13.5. The Bertz CT molecular complexity index is 439. The molecule has 1 heterocycles. The van der Waals surface area contributed by atoms with E-state index in [2.05, 4.69) is 28.6 Å². The Kier molecular flexibility index (Phi) is 3.37. The van der Waals surface area contributed by atoms with E-state index < -0.39 is 0 Å². The van der Waals surface area contributed by atoms with Gasteiger partial charge < -0.3 is 5.73 Å². The lowest BCUT2D eigenvalue weighted by molar-refractivity contribution is 0.165. The van der Waals surface area contributed by atoms with Crippen molar-refractivity contribution < 1.29 is 0 Å². The second-order valence-corrected chi connectivity index (χ2v) is 7.08. The van der Waals surface area contributed by atoms with Gasteiger partial charge in [0.05, 0.1) is 0 Å². The number of fused-ring (bicyclic) bond motifs is 2. The molecule has 2 fully saturated rings. The smallest absolute Gasteiger partial charge is 0.138 e. The maximum absolute atomic E-state index is 6.17. The van der Waals surface area contributed by atoms with Crippen molar-refractivity contribution in [2.45, 2.75) is 52.5 Å². The van der Waals surface area contributed by atoms with Gasteiger partial charge in [0.2, 0.25) is 0 Å². The van der Waals surface area contributed by atoms with Crippen LogP contribution >= 0.6 is 0 Å². The van der Waals surface area contributed by atoms with Crippen LogP contribution < -0.4 is 5.73 Å². The summed E-state index contributed by atoms with van der Waals surface area (Å²) in [6.07, 6.45) is 8.23. The molecular formula is C15H26N4. The fourth-order valence-electron chi connectivity index (χ4n) is 4.34. The number of nitrogens with zero attached hydrogens (tertiary/aromatic N) is 3. The van der Waals surface area contributed by atoms with Gasteiger partial charge in [-0.05, 0) is 49.0 Å². The summed E-state index contributed by atoms with van der Waals surface area (Å²) in [5.41, 5.74) is 6.48. The van der Waals surface area contributed by atoms with Gasteiger partial charge in [0, 0.05) is 13.0 Å². The van der Waals surface area contributed by atoms with Gasteiger partial charge in [-0.2, -0.15) is 5.10 Å². The van der Waals surface area contributed by atoms with Crippen molar-refractivity contribution in [3.8, 4) is 0 Å². The summed E-state index contributed by atoms with van der Waals surface area (Å²) in [6, 6.07) is 0. The van der Waals surface area contributed by atoms with Crippen LogP contribution in [-0.2, 0) is 13.0 Å². The Balaban J connectivity index is 1.78. The van der Waals surface area contributed by atoms with Crippen LogP contribution in [0.15, 0.2) is 6.33 Å². The molecule has 0 saturated heterocycles. The zero-order valence-corrected chi connectivity index (χ0v) is 12.2. The van der Waals surface area contributed by atoms with Gasteiger partial charge in [-0.3, -0.25) is 0 Å². The molecule has 0 spiro atoms. The van der Waals surface area contributed by atoms with Crippen LogP contribution in [0.2, 0.25) is 0 Å². The Morgan fingerprint density at radius 3 is 2.89 bits per heavy atom. The van der Waals surface area contributed by atoms with Gasteiger partial charge in [-0.1, -0.05) is 20.3 Å². The minimum Gasteiger partial charge on any atom is -0.330 e. The third kappa shape index (κ3) is 2.31. The van der Waals surface area contributed by atoms with Gasteiger partial charge in [-0.25, -0.2) is 9.67 Å². The van der Waals surface area contributed by atoms with E-state index in [-0.39, 0.29) is 0 Å². The zero-order valence-electron chi connectivity index (χ0n) is 12.2. The normalized spacial score (nSPS) is 33.5. The standard InChI is InChI=1S/C15H26N4/c1-11(2)8-19-14(17-10-18-19)7-15(9-16)6-12-3-4-13(15)5-12/h10-13H,3-9,16H2,1-2H3. The highest BCUT2D eigenvalue weighted by molar-refractivity contribution is 5.06. The van der Waals surface area contributed by atoms with Crippen molar-refractivity contribution in [2.24, 2.45) is 28.9 Å². The van der Waals surface area contributed by atoms with E-state index >= 15 is 0 Å². The Morgan fingerprint density at radius 1 is 1.47 bits per heavy atom. The van der Waals surface area contributed by atoms with Crippen molar-refractivity contribution in [3.05, 3.63) is 12.2 Å². The molecule has 2 aliphatic carbocycles. The molecule has 0 radical (unpaired) electrons. The number of hydrogen-bond donors (Lipinski definition) is 1. The Labute approximate surface area is 115 Å². The third-order valence-electron chi connectivity index (χ3n) is 5.25. The maximum Gasteiger partial charge on any atom is 0.138 e. The molecule has 1 aromatic heterocycles. The SMILES string of the molecule is CC(C)Cn1ncnc1CC1(CN)CC2CCC1C2. The van der Waals surface area contributed by atoms with Crippen LogP contribution in [0.5, 0.6) is 0 Å². The molecular weight excluding hydrogens is 236 g/mol. The highest BCUT2D eigenvalue weighted by Gasteiger charge is 2.50. The molecule has 3 rings (SSSR count). The van der Waals surface area contributed by atoms with Crippen molar-refractivity contribution >= 4 is 0 Å². The third-order valence-corrected chi connectivity index (χ3v) is 5.25. The first-order chi connectivity index (χ1) is 9.13. The first-order valence-corrected chi connectivity index (χ1v) is 7.70. The van der Waals surface area contributed by atoms with Crippen LogP contribution in [0.3, 0.4) is 0 Å². The van der Waals surface area contributed by atoms with Crippen molar-refractivity contribution in [1.82, 2.24) is 14.8 Å². The predicted octanol–water partition coefficient (Wildman–Crippen LogP) is 2.24. The second kappa shape index (κ2) is 4.89. The summed E-state index contributed by atoms with van der Waals surface area (Å²) >= 11 is 0. The van der Waals surface area contributed by atoms with Gasteiger partial charge in [0.15, 0.2) is 0 Å². The number of rotatable bonds is 5. The summed E-state index contributed by atoms with van der Waals surface area (Å²) in [6.45, 7) is 6.22. The van der Waals surface area contributed by atoms with Crippen LogP contribution in [-0.4, -0.2) is 21.3 Å². The number of nitrogens with two attached hydrogens (primary N) is 1. The summed E-state index contributed by atoms with van der Waals surface area (Å²) in [5, 5.41) is 4.39. The molecule has 3 atom stereocenters. The lowest BCUT2D eigenvalue weighted by Gasteiger charge is -2.36. The monoisotopic (exact) mass is 262 g/mol. The fourth-order valence-corrected chi connectivity index (χ4v) is 4.34. The first kappa shape index (κ1) is 13.1. The van der Waals surface area contributed by atoms with Gasteiger partial charge in [-0.15, -0.1) is 0 Å². The molecule has 2 aliphatic rings. The molecule has 0 amide bonds. The van der Waals surface area contributed by atoms with Crippen molar-refractivity contribution in [1.29, 1.82) is 0 Å². The second-order valence-electron chi connectivity index (χ2n) is 7.08. The summed E-state index contributed by atoms with van der Waals surface area (Å²) in [4.78, 5) is 4.51. The topological polar surface area (TPSA) is 56.7 Å². The summed E-state index contributed by atoms with van der Waals surface area (Å²) in [5.74, 6) is 3.50. The molecule has 0 aliphatic heterocycles. The molecule has 4 heteroatoms. The van der Waals surface area contributed by atoms with Crippen LogP contribution in [0.25, 0.3) is 0 Å². The van der Waals surface area contributed by atoms with E-state index in [4.69, 9.17) is 5.73 Å². The van der Waals surface area contributed by atoms with E-state index in [0.29, 0.717) is 11.3 Å². The van der Waals surface area contributed by atoms with Crippen LogP contribution in [0.4, 0.5) is 0 Å². The number of hydrogen-bond acceptors (Lipinski definition) is 3. The van der Waals surface area contributed by atoms with Gasteiger partial charge in [0.1, 0.15) is 12.2 Å². The average molecular weight is 262 g/mol. The van der Waals surface area contributed by atoms with Crippen molar-refractivity contribution in [2.75, 3.05) is 6.54 Å². The van der Waals surface area contributed by atoms with E-state index in [1.54, 1.807) is 6.33 Å². The molecule has 2 bridgehead atoms.